The molecule has 0 saturated heterocycles. The van der Waals surface area contributed by atoms with E-state index in [2.05, 4.69) is 5.32 Å². The molecule has 1 heterocycles. The molecule has 0 atom stereocenters. The standard InChI is InChI=1S/C11H12FNO/c1-13-6-5-8-7-9-10(12)3-2-4-11(9)14-8/h2-4,7,13H,5-6H2,1H3. The Balaban J connectivity index is 2.36. The lowest BCUT2D eigenvalue weighted by molar-refractivity contribution is 0.540. The summed E-state index contributed by atoms with van der Waals surface area (Å²) >= 11 is 0. The molecular formula is C11H12FNO. The van der Waals surface area contributed by atoms with Gasteiger partial charge in [-0.15, -0.1) is 0 Å². The van der Waals surface area contributed by atoms with Gasteiger partial charge in [0.25, 0.3) is 0 Å². The van der Waals surface area contributed by atoms with Crippen molar-refractivity contribution in [3.05, 3.63) is 35.8 Å². The normalized spacial score (nSPS) is 11.0. The summed E-state index contributed by atoms with van der Waals surface area (Å²) in [6.45, 7) is 0.835. The second-order valence-electron chi connectivity index (χ2n) is 3.22. The van der Waals surface area contributed by atoms with Gasteiger partial charge in [-0.25, -0.2) is 4.39 Å². The summed E-state index contributed by atoms with van der Waals surface area (Å²) in [5, 5.41) is 3.59. The smallest absolute Gasteiger partial charge is 0.137 e. The second-order valence-corrected chi connectivity index (χ2v) is 3.22. The van der Waals surface area contributed by atoms with Crippen molar-refractivity contribution in [3.63, 3.8) is 0 Å². The quantitative estimate of drug-likeness (QED) is 0.809. The molecule has 0 aliphatic carbocycles. The molecular weight excluding hydrogens is 181 g/mol. The molecule has 0 radical (unpaired) electrons. The van der Waals surface area contributed by atoms with Crippen LogP contribution < -0.4 is 5.32 Å². The summed E-state index contributed by atoms with van der Waals surface area (Å²) in [5.41, 5.74) is 0.621. The van der Waals surface area contributed by atoms with Gasteiger partial charge in [0.05, 0.1) is 5.39 Å². The highest BCUT2D eigenvalue weighted by molar-refractivity contribution is 5.78. The van der Waals surface area contributed by atoms with Crippen LogP contribution in [0.25, 0.3) is 11.0 Å². The van der Waals surface area contributed by atoms with Crippen LogP contribution in [-0.2, 0) is 6.42 Å². The van der Waals surface area contributed by atoms with Gasteiger partial charge < -0.3 is 9.73 Å². The zero-order valence-corrected chi connectivity index (χ0v) is 8.01. The molecule has 2 rings (SSSR count). The Morgan fingerprint density at radius 1 is 1.43 bits per heavy atom. The Kier molecular flexibility index (Phi) is 2.50. The maximum Gasteiger partial charge on any atom is 0.137 e. The molecule has 0 aliphatic rings. The van der Waals surface area contributed by atoms with Crippen LogP contribution in [0, 0.1) is 5.82 Å². The molecule has 14 heavy (non-hydrogen) atoms. The number of furan rings is 1. The highest BCUT2D eigenvalue weighted by Gasteiger charge is 2.06. The first-order valence-corrected chi connectivity index (χ1v) is 4.63. The van der Waals surface area contributed by atoms with E-state index in [0.29, 0.717) is 11.0 Å². The molecule has 0 aliphatic heterocycles. The van der Waals surface area contributed by atoms with E-state index in [1.807, 2.05) is 7.05 Å². The van der Waals surface area contributed by atoms with Crippen molar-refractivity contribution in [2.45, 2.75) is 6.42 Å². The Morgan fingerprint density at radius 3 is 3.00 bits per heavy atom. The van der Waals surface area contributed by atoms with Crippen LogP contribution in [0.5, 0.6) is 0 Å². The number of hydrogen-bond acceptors (Lipinski definition) is 2. The lowest BCUT2D eigenvalue weighted by Gasteiger charge is -1.93. The van der Waals surface area contributed by atoms with Crippen LogP contribution in [0.4, 0.5) is 4.39 Å². The maximum atomic E-state index is 13.2. The number of benzene rings is 1. The Bertz CT molecular complexity index is 436. The summed E-state index contributed by atoms with van der Waals surface area (Å²) in [7, 11) is 1.88. The predicted molar refractivity (Wildman–Crippen MR) is 53.8 cm³/mol. The number of nitrogens with one attached hydrogen (secondary N) is 1. The summed E-state index contributed by atoms with van der Waals surface area (Å²) in [6, 6.07) is 6.64. The number of hydrogen-bond donors (Lipinski definition) is 1. The van der Waals surface area contributed by atoms with Gasteiger partial charge in [0, 0.05) is 13.0 Å². The van der Waals surface area contributed by atoms with Crippen molar-refractivity contribution in [1.29, 1.82) is 0 Å². The molecule has 2 aromatic rings. The van der Waals surface area contributed by atoms with E-state index in [9.17, 15) is 4.39 Å². The fraction of sp³-hybridized carbons (Fsp3) is 0.273. The lowest BCUT2D eigenvalue weighted by atomic mass is 10.2. The van der Waals surface area contributed by atoms with Gasteiger partial charge in [-0.2, -0.15) is 0 Å². The van der Waals surface area contributed by atoms with Gasteiger partial charge in [0.1, 0.15) is 17.2 Å². The molecule has 0 bridgehead atoms. The highest BCUT2D eigenvalue weighted by Crippen LogP contribution is 2.21. The molecule has 0 spiro atoms. The summed E-state index contributed by atoms with van der Waals surface area (Å²) < 4.78 is 18.7. The molecule has 0 fully saturated rings. The van der Waals surface area contributed by atoms with Gasteiger partial charge in [-0.1, -0.05) is 6.07 Å². The van der Waals surface area contributed by atoms with Crippen molar-refractivity contribution in [2.75, 3.05) is 13.6 Å². The Labute approximate surface area is 81.7 Å². The van der Waals surface area contributed by atoms with Gasteiger partial charge in [-0.3, -0.25) is 0 Å². The molecule has 0 unspecified atom stereocenters. The van der Waals surface area contributed by atoms with Crippen LogP contribution in [0.1, 0.15) is 5.76 Å². The van der Waals surface area contributed by atoms with Crippen molar-refractivity contribution >= 4 is 11.0 Å². The summed E-state index contributed by atoms with van der Waals surface area (Å²) in [5.74, 6) is 0.599. The zero-order chi connectivity index (χ0) is 9.97. The van der Waals surface area contributed by atoms with Crippen molar-refractivity contribution in [3.8, 4) is 0 Å². The second kappa shape index (κ2) is 3.80. The Hall–Kier alpha value is -1.35. The third-order valence-electron chi connectivity index (χ3n) is 2.18. The van der Waals surface area contributed by atoms with Crippen molar-refractivity contribution in [2.24, 2.45) is 0 Å². The van der Waals surface area contributed by atoms with E-state index < -0.39 is 0 Å². The first-order chi connectivity index (χ1) is 6.81. The van der Waals surface area contributed by atoms with Crippen molar-refractivity contribution in [1.82, 2.24) is 5.32 Å². The van der Waals surface area contributed by atoms with E-state index in [1.54, 1.807) is 18.2 Å². The van der Waals surface area contributed by atoms with Crippen LogP contribution in [-0.4, -0.2) is 13.6 Å². The van der Waals surface area contributed by atoms with Crippen LogP contribution in [0.2, 0.25) is 0 Å². The molecule has 2 nitrogen and oxygen atoms in total. The maximum absolute atomic E-state index is 13.2. The number of rotatable bonds is 3. The highest BCUT2D eigenvalue weighted by atomic mass is 19.1. The Morgan fingerprint density at radius 2 is 2.29 bits per heavy atom. The molecule has 1 aromatic carbocycles. The van der Waals surface area contributed by atoms with Gasteiger partial charge in [-0.05, 0) is 25.2 Å². The predicted octanol–water partition coefficient (Wildman–Crippen LogP) is 2.33. The lowest BCUT2D eigenvalue weighted by Crippen LogP contribution is -2.09. The fourth-order valence-corrected chi connectivity index (χ4v) is 1.45. The average molecular weight is 193 g/mol. The largest absolute Gasteiger partial charge is 0.461 e. The molecule has 0 saturated carbocycles. The van der Waals surface area contributed by atoms with Crippen LogP contribution >= 0.6 is 0 Å². The van der Waals surface area contributed by atoms with E-state index in [-0.39, 0.29) is 5.82 Å². The minimum absolute atomic E-state index is 0.220. The molecule has 1 N–H and O–H groups in total. The fourth-order valence-electron chi connectivity index (χ4n) is 1.45. The average Bonchev–Trinajstić information content (AvgIpc) is 2.59. The number of fused-ring (bicyclic) bond motifs is 1. The van der Waals surface area contributed by atoms with E-state index >= 15 is 0 Å². The first-order valence-electron chi connectivity index (χ1n) is 4.63. The third kappa shape index (κ3) is 1.63. The SMILES string of the molecule is CNCCc1cc2c(F)cccc2o1. The molecule has 0 amide bonds. The van der Waals surface area contributed by atoms with Gasteiger partial charge in [0.15, 0.2) is 0 Å². The number of halogens is 1. The van der Waals surface area contributed by atoms with E-state index in [0.717, 1.165) is 18.7 Å². The molecule has 1 aromatic heterocycles. The van der Waals surface area contributed by atoms with Gasteiger partial charge in [0.2, 0.25) is 0 Å². The van der Waals surface area contributed by atoms with E-state index in [1.165, 1.54) is 6.07 Å². The summed E-state index contributed by atoms with van der Waals surface area (Å²) in [4.78, 5) is 0. The first kappa shape index (κ1) is 9.21. The van der Waals surface area contributed by atoms with Crippen LogP contribution in [0.15, 0.2) is 28.7 Å². The van der Waals surface area contributed by atoms with E-state index in [4.69, 9.17) is 4.42 Å². The zero-order valence-electron chi connectivity index (χ0n) is 8.01. The molecule has 3 heteroatoms. The van der Waals surface area contributed by atoms with Crippen molar-refractivity contribution < 1.29 is 8.81 Å². The van der Waals surface area contributed by atoms with Crippen LogP contribution in [0.3, 0.4) is 0 Å². The number of likely N-dealkylation sites (N-methyl/N-ethyl adjacent to an activating group) is 1. The topological polar surface area (TPSA) is 25.2 Å². The molecule has 74 valence electrons. The minimum atomic E-state index is -0.220. The minimum Gasteiger partial charge on any atom is -0.461 e. The summed E-state index contributed by atoms with van der Waals surface area (Å²) in [6.07, 6.45) is 0.782. The van der Waals surface area contributed by atoms with Gasteiger partial charge >= 0.3 is 0 Å². The monoisotopic (exact) mass is 193 g/mol. The third-order valence-corrected chi connectivity index (χ3v) is 2.18.